The molecule has 2 rings (SSSR count). The van der Waals surface area contributed by atoms with E-state index in [0.717, 1.165) is 45.8 Å². The number of hydrogen-bond acceptors (Lipinski definition) is 3. The van der Waals surface area contributed by atoms with Gasteiger partial charge in [0.15, 0.2) is 0 Å². The Hall–Kier alpha value is -1.06. The van der Waals surface area contributed by atoms with Crippen molar-refractivity contribution < 1.29 is 4.74 Å². The Kier molecular flexibility index (Phi) is 5.86. The summed E-state index contributed by atoms with van der Waals surface area (Å²) in [5, 5.41) is 0. The highest BCUT2D eigenvalue weighted by Gasteiger charge is 2.16. The quantitative estimate of drug-likeness (QED) is 0.743. The predicted octanol–water partition coefficient (Wildman–Crippen LogP) is 2.97. The maximum atomic E-state index is 5.12. The van der Waals surface area contributed by atoms with E-state index >= 15 is 0 Å². The van der Waals surface area contributed by atoms with Crippen LogP contribution < -0.4 is 4.90 Å². The number of nitrogens with zero attached hydrogens (tertiary/aromatic N) is 2. The zero-order chi connectivity index (χ0) is 14.4. The molecule has 0 saturated carbocycles. The van der Waals surface area contributed by atoms with Gasteiger partial charge < -0.3 is 9.64 Å². The van der Waals surface area contributed by atoms with Gasteiger partial charge in [-0.25, -0.2) is 0 Å². The van der Waals surface area contributed by atoms with Gasteiger partial charge in [0.05, 0.1) is 0 Å². The Morgan fingerprint density at radius 2 is 1.70 bits per heavy atom. The summed E-state index contributed by atoms with van der Waals surface area (Å²) in [7, 11) is 1.78. The van der Waals surface area contributed by atoms with E-state index < -0.39 is 0 Å². The molecule has 0 N–H and O–H groups in total. The zero-order valence-electron chi connectivity index (χ0n) is 13.1. The molecule has 20 heavy (non-hydrogen) atoms. The molecule has 1 heterocycles. The first-order valence-corrected chi connectivity index (χ1v) is 7.77. The lowest BCUT2D eigenvalue weighted by molar-refractivity contribution is 0.169. The Labute approximate surface area is 123 Å². The number of rotatable bonds is 6. The number of anilines is 1. The largest absolute Gasteiger partial charge is 0.385 e. The molecule has 0 atom stereocenters. The first-order valence-electron chi connectivity index (χ1n) is 7.77. The van der Waals surface area contributed by atoms with Crippen molar-refractivity contribution in [3.8, 4) is 0 Å². The van der Waals surface area contributed by atoms with Gasteiger partial charge in [-0.3, -0.25) is 4.90 Å². The molecule has 3 nitrogen and oxygen atoms in total. The van der Waals surface area contributed by atoms with Crippen molar-refractivity contribution >= 4 is 5.69 Å². The Morgan fingerprint density at radius 1 is 1.05 bits per heavy atom. The van der Waals surface area contributed by atoms with E-state index in [0.29, 0.717) is 5.92 Å². The van der Waals surface area contributed by atoms with Crippen LogP contribution in [0.2, 0.25) is 0 Å². The van der Waals surface area contributed by atoms with Crippen LogP contribution in [0.5, 0.6) is 0 Å². The average Bonchev–Trinajstić information content (AvgIpc) is 2.48. The molecule has 0 aliphatic carbocycles. The summed E-state index contributed by atoms with van der Waals surface area (Å²) in [6.45, 7) is 11.1. The number of hydrogen-bond donors (Lipinski definition) is 0. The second kappa shape index (κ2) is 7.65. The summed E-state index contributed by atoms with van der Waals surface area (Å²) < 4.78 is 5.12. The Balaban J connectivity index is 1.81. The third-order valence-corrected chi connectivity index (χ3v) is 4.12. The van der Waals surface area contributed by atoms with Crippen LogP contribution in [0.4, 0.5) is 5.69 Å². The van der Waals surface area contributed by atoms with Crippen LogP contribution >= 0.6 is 0 Å². The number of benzene rings is 1. The molecule has 0 aromatic heterocycles. The van der Waals surface area contributed by atoms with Crippen LogP contribution in [-0.2, 0) is 4.74 Å². The van der Waals surface area contributed by atoms with E-state index in [9.17, 15) is 0 Å². The zero-order valence-corrected chi connectivity index (χ0v) is 13.1. The van der Waals surface area contributed by atoms with Crippen molar-refractivity contribution in [2.45, 2.75) is 26.2 Å². The van der Waals surface area contributed by atoms with Crippen molar-refractivity contribution in [1.82, 2.24) is 4.90 Å². The van der Waals surface area contributed by atoms with Gasteiger partial charge >= 0.3 is 0 Å². The minimum absolute atomic E-state index is 0.613. The van der Waals surface area contributed by atoms with Gasteiger partial charge in [-0.15, -0.1) is 0 Å². The standard InChI is InChI=1S/C17H28N2O/c1-15(2)16-5-7-17(8-6-16)19-12-10-18(11-13-19)9-4-14-20-3/h5-8,15H,4,9-14H2,1-3H3. The summed E-state index contributed by atoms with van der Waals surface area (Å²) in [6.07, 6.45) is 1.14. The van der Waals surface area contributed by atoms with E-state index in [1.54, 1.807) is 7.11 Å². The van der Waals surface area contributed by atoms with E-state index in [-0.39, 0.29) is 0 Å². The number of methoxy groups -OCH3 is 1. The lowest BCUT2D eigenvalue weighted by atomic mass is 10.0. The van der Waals surface area contributed by atoms with E-state index in [2.05, 4.69) is 47.9 Å². The van der Waals surface area contributed by atoms with Crippen LogP contribution in [0.15, 0.2) is 24.3 Å². The molecule has 1 fully saturated rings. The summed E-state index contributed by atoms with van der Waals surface area (Å²) >= 11 is 0. The van der Waals surface area contributed by atoms with Crippen LogP contribution in [0.3, 0.4) is 0 Å². The molecule has 1 saturated heterocycles. The van der Waals surface area contributed by atoms with E-state index in [4.69, 9.17) is 4.74 Å². The van der Waals surface area contributed by atoms with Crippen LogP contribution in [0.1, 0.15) is 31.7 Å². The van der Waals surface area contributed by atoms with Crippen LogP contribution in [-0.4, -0.2) is 51.3 Å². The third kappa shape index (κ3) is 4.22. The second-order valence-corrected chi connectivity index (χ2v) is 5.92. The number of piperazine rings is 1. The van der Waals surface area contributed by atoms with Gasteiger partial charge in [-0.2, -0.15) is 0 Å². The van der Waals surface area contributed by atoms with E-state index in [1.807, 2.05) is 0 Å². The van der Waals surface area contributed by atoms with Gasteiger partial charge in [0.1, 0.15) is 0 Å². The smallest absolute Gasteiger partial charge is 0.0474 e. The molecule has 1 aliphatic rings. The molecule has 0 unspecified atom stereocenters. The van der Waals surface area contributed by atoms with Gasteiger partial charge in [0.2, 0.25) is 0 Å². The Bertz CT molecular complexity index is 380. The Morgan fingerprint density at radius 3 is 2.25 bits per heavy atom. The molecular weight excluding hydrogens is 248 g/mol. The molecule has 1 aliphatic heterocycles. The second-order valence-electron chi connectivity index (χ2n) is 5.92. The summed E-state index contributed by atoms with van der Waals surface area (Å²) in [4.78, 5) is 5.04. The average molecular weight is 276 g/mol. The highest BCUT2D eigenvalue weighted by atomic mass is 16.5. The van der Waals surface area contributed by atoms with Crippen molar-refractivity contribution in [1.29, 1.82) is 0 Å². The monoisotopic (exact) mass is 276 g/mol. The van der Waals surface area contributed by atoms with Gasteiger partial charge in [0, 0.05) is 52.1 Å². The number of ether oxygens (including phenoxy) is 1. The van der Waals surface area contributed by atoms with Crippen molar-refractivity contribution in [2.24, 2.45) is 0 Å². The fourth-order valence-corrected chi connectivity index (χ4v) is 2.73. The SMILES string of the molecule is COCCCN1CCN(c2ccc(C(C)C)cc2)CC1. The molecule has 0 spiro atoms. The maximum Gasteiger partial charge on any atom is 0.0474 e. The van der Waals surface area contributed by atoms with Gasteiger partial charge in [-0.1, -0.05) is 26.0 Å². The molecule has 1 aromatic rings. The highest BCUT2D eigenvalue weighted by Crippen LogP contribution is 2.21. The molecule has 3 heteroatoms. The van der Waals surface area contributed by atoms with Gasteiger partial charge in [-0.05, 0) is 30.0 Å². The molecule has 112 valence electrons. The molecule has 0 bridgehead atoms. The summed E-state index contributed by atoms with van der Waals surface area (Å²) in [5.41, 5.74) is 2.79. The lowest BCUT2D eigenvalue weighted by Crippen LogP contribution is -2.46. The maximum absolute atomic E-state index is 5.12. The fourth-order valence-electron chi connectivity index (χ4n) is 2.73. The minimum atomic E-state index is 0.613. The normalized spacial score (nSPS) is 16.9. The fraction of sp³-hybridized carbons (Fsp3) is 0.647. The third-order valence-electron chi connectivity index (χ3n) is 4.12. The van der Waals surface area contributed by atoms with Crippen LogP contribution in [0, 0.1) is 0 Å². The minimum Gasteiger partial charge on any atom is -0.385 e. The summed E-state index contributed by atoms with van der Waals surface area (Å²) in [5.74, 6) is 0.613. The van der Waals surface area contributed by atoms with Gasteiger partial charge in [0.25, 0.3) is 0 Å². The predicted molar refractivity (Wildman–Crippen MR) is 85.7 cm³/mol. The van der Waals surface area contributed by atoms with Crippen LogP contribution in [0.25, 0.3) is 0 Å². The van der Waals surface area contributed by atoms with Crippen molar-refractivity contribution in [2.75, 3.05) is 51.3 Å². The molecule has 0 amide bonds. The van der Waals surface area contributed by atoms with E-state index in [1.165, 1.54) is 11.3 Å². The highest BCUT2D eigenvalue weighted by molar-refractivity contribution is 5.48. The molecule has 0 radical (unpaired) electrons. The summed E-state index contributed by atoms with van der Waals surface area (Å²) in [6, 6.07) is 9.09. The topological polar surface area (TPSA) is 15.7 Å². The first kappa shape index (κ1) is 15.3. The molecular formula is C17H28N2O. The van der Waals surface area contributed by atoms with Crippen molar-refractivity contribution in [3.63, 3.8) is 0 Å². The van der Waals surface area contributed by atoms with Crippen molar-refractivity contribution in [3.05, 3.63) is 29.8 Å². The molecule has 1 aromatic carbocycles. The first-order chi connectivity index (χ1) is 9.70. The lowest BCUT2D eigenvalue weighted by Gasteiger charge is -2.36.